The van der Waals surface area contributed by atoms with Gasteiger partial charge < -0.3 is 15.4 Å². The molecule has 0 aromatic heterocycles. The molecule has 0 radical (unpaired) electrons. The first kappa shape index (κ1) is 25.9. The Morgan fingerprint density at radius 3 is 2.41 bits per heavy atom. The summed E-state index contributed by atoms with van der Waals surface area (Å²) in [6.45, 7) is 2.05. The molecule has 10 heteroatoms. The highest BCUT2D eigenvalue weighted by Gasteiger charge is 2.40. The molecule has 3 aromatic carbocycles. The van der Waals surface area contributed by atoms with E-state index in [1.54, 1.807) is 54.6 Å². The van der Waals surface area contributed by atoms with Crippen LogP contribution in [-0.2, 0) is 14.3 Å². The summed E-state index contributed by atoms with van der Waals surface area (Å²) in [5.41, 5.74) is 0.995. The van der Waals surface area contributed by atoms with Gasteiger partial charge in [-0.1, -0.05) is 60.5 Å². The third-order valence-corrected chi connectivity index (χ3v) is 6.03. The van der Waals surface area contributed by atoms with Crippen molar-refractivity contribution in [3.05, 3.63) is 99.7 Å². The van der Waals surface area contributed by atoms with Crippen LogP contribution in [0.3, 0.4) is 0 Å². The number of ether oxygens (including phenoxy) is 1. The van der Waals surface area contributed by atoms with Crippen molar-refractivity contribution in [3.63, 3.8) is 0 Å². The normalized spacial score (nSPS) is 13.1. The first-order valence-electron chi connectivity index (χ1n) is 11.3. The van der Waals surface area contributed by atoms with Crippen molar-refractivity contribution in [1.29, 1.82) is 0 Å². The number of imide groups is 1. The molecule has 3 amide bonds. The van der Waals surface area contributed by atoms with Crippen LogP contribution in [0, 0.1) is 0 Å². The summed E-state index contributed by atoms with van der Waals surface area (Å²) in [6.07, 6.45) is 0.617. The van der Waals surface area contributed by atoms with Crippen molar-refractivity contribution in [2.24, 2.45) is 0 Å². The molecule has 3 aromatic rings. The van der Waals surface area contributed by atoms with Gasteiger partial charge in [0.15, 0.2) is 0 Å². The van der Waals surface area contributed by atoms with Gasteiger partial charge in [0.05, 0.1) is 28.6 Å². The molecule has 4 rings (SSSR count). The number of halogens is 2. The van der Waals surface area contributed by atoms with E-state index >= 15 is 0 Å². The minimum absolute atomic E-state index is 0.0569. The summed E-state index contributed by atoms with van der Waals surface area (Å²) in [4.78, 5) is 52.3. The van der Waals surface area contributed by atoms with E-state index in [2.05, 4.69) is 10.6 Å². The second-order valence-electron chi connectivity index (χ2n) is 7.93. The zero-order valence-corrected chi connectivity index (χ0v) is 21.1. The Morgan fingerprint density at radius 2 is 1.65 bits per heavy atom. The number of hydrogen-bond donors (Lipinski definition) is 2. The molecule has 1 heterocycles. The van der Waals surface area contributed by atoms with Crippen LogP contribution in [0.2, 0.25) is 5.02 Å². The number of nitrogens with one attached hydrogen (secondary N) is 2. The van der Waals surface area contributed by atoms with Crippen LogP contribution in [-0.4, -0.2) is 30.3 Å². The average Bonchev–Trinajstić information content (AvgIpc) is 3.11. The summed E-state index contributed by atoms with van der Waals surface area (Å²) in [7, 11) is 0. The fourth-order valence-electron chi connectivity index (χ4n) is 3.58. The van der Waals surface area contributed by atoms with E-state index in [1.165, 1.54) is 18.2 Å². The number of benzene rings is 3. The zero-order chi connectivity index (χ0) is 26.5. The molecule has 1 aliphatic rings. The highest BCUT2D eigenvalue weighted by atomic mass is 35.5. The topological polar surface area (TPSA) is 105 Å². The smallest absolute Gasteiger partial charge is 0.340 e. The molecular weight excluding hydrogens is 517 g/mol. The number of esters is 1. The number of hydrogen-bond acceptors (Lipinski definition) is 6. The van der Waals surface area contributed by atoms with Crippen LogP contribution in [0.25, 0.3) is 0 Å². The van der Waals surface area contributed by atoms with E-state index in [-0.39, 0.29) is 34.2 Å². The van der Waals surface area contributed by atoms with Gasteiger partial charge >= 0.3 is 5.97 Å². The quantitative estimate of drug-likeness (QED) is 0.286. The third kappa shape index (κ3) is 5.50. The molecule has 188 valence electrons. The molecule has 37 heavy (non-hydrogen) atoms. The van der Waals surface area contributed by atoms with Gasteiger partial charge in [0, 0.05) is 11.3 Å². The van der Waals surface area contributed by atoms with Crippen molar-refractivity contribution in [1.82, 2.24) is 0 Å². The summed E-state index contributed by atoms with van der Waals surface area (Å²) >= 11 is 12.4. The maximum absolute atomic E-state index is 13.3. The average molecular weight is 538 g/mol. The van der Waals surface area contributed by atoms with Gasteiger partial charge in [-0.15, -0.1) is 0 Å². The minimum Gasteiger partial charge on any atom is -0.462 e. The molecule has 0 spiro atoms. The number of rotatable bonds is 8. The summed E-state index contributed by atoms with van der Waals surface area (Å²) in [5.74, 6) is -2.63. The van der Waals surface area contributed by atoms with Gasteiger partial charge in [-0.25, -0.2) is 9.69 Å². The van der Waals surface area contributed by atoms with Gasteiger partial charge in [-0.2, -0.15) is 0 Å². The second-order valence-corrected chi connectivity index (χ2v) is 8.71. The van der Waals surface area contributed by atoms with Crippen molar-refractivity contribution >= 4 is 64.0 Å². The first-order valence-corrected chi connectivity index (χ1v) is 12.0. The van der Waals surface area contributed by atoms with Crippen molar-refractivity contribution in [3.8, 4) is 0 Å². The predicted molar refractivity (Wildman–Crippen MR) is 142 cm³/mol. The molecule has 2 N–H and O–H groups in total. The molecule has 0 bridgehead atoms. The predicted octanol–water partition coefficient (Wildman–Crippen LogP) is 5.59. The number of nitrogens with zero attached hydrogens (tertiary/aromatic N) is 1. The van der Waals surface area contributed by atoms with Gasteiger partial charge in [-0.3, -0.25) is 14.4 Å². The maximum Gasteiger partial charge on any atom is 0.340 e. The standard InChI is InChI=1S/C27H21Cl2N3O5/c1-2-14-37-27(36)18-10-3-6-13-21(18)32-25(34)22(29)23(26(32)35)30-17-9-7-8-16(15-17)24(33)31-20-12-5-4-11-19(20)28/h3-13,15,30H,2,14H2,1H3,(H,31,33). The number of carbonyl (C=O) groups excluding carboxylic acids is 4. The second kappa shape index (κ2) is 11.3. The van der Waals surface area contributed by atoms with E-state index < -0.39 is 23.7 Å². The zero-order valence-electron chi connectivity index (χ0n) is 19.6. The third-order valence-electron chi connectivity index (χ3n) is 5.35. The largest absolute Gasteiger partial charge is 0.462 e. The van der Waals surface area contributed by atoms with Crippen molar-refractivity contribution in [2.75, 3.05) is 22.1 Å². The fourth-order valence-corrected chi connectivity index (χ4v) is 3.98. The molecule has 8 nitrogen and oxygen atoms in total. The molecule has 0 unspecified atom stereocenters. The Morgan fingerprint density at radius 1 is 0.919 bits per heavy atom. The van der Waals surface area contributed by atoms with E-state index in [9.17, 15) is 19.2 Å². The van der Waals surface area contributed by atoms with Gasteiger partial charge in [0.1, 0.15) is 10.7 Å². The molecule has 0 aliphatic carbocycles. The molecular formula is C27H21Cl2N3O5. The van der Waals surface area contributed by atoms with E-state index in [0.717, 1.165) is 4.90 Å². The number of amides is 3. The minimum atomic E-state index is -0.794. The Balaban J connectivity index is 1.56. The Kier molecular flexibility index (Phi) is 7.91. The lowest BCUT2D eigenvalue weighted by Gasteiger charge is -2.18. The van der Waals surface area contributed by atoms with Crippen LogP contribution in [0.15, 0.2) is 83.5 Å². The number of para-hydroxylation sites is 2. The molecule has 0 fully saturated rings. The SMILES string of the molecule is CCCOC(=O)c1ccccc1N1C(=O)C(Cl)=C(Nc2cccc(C(=O)Nc3ccccc3Cl)c2)C1=O. The molecule has 1 aliphatic heterocycles. The summed E-state index contributed by atoms with van der Waals surface area (Å²) < 4.78 is 5.19. The summed E-state index contributed by atoms with van der Waals surface area (Å²) in [6, 6.07) is 19.2. The van der Waals surface area contributed by atoms with Crippen LogP contribution >= 0.6 is 23.2 Å². The maximum atomic E-state index is 13.3. The van der Waals surface area contributed by atoms with Gasteiger partial charge in [0.25, 0.3) is 17.7 Å². The lowest BCUT2D eigenvalue weighted by Crippen LogP contribution is -2.33. The van der Waals surface area contributed by atoms with Crippen molar-refractivity contribution in [2.45, 2.75) is 13.3 Å². The van der Waals surface area contributed by atoms with Crippen LogP contribution in [0.1, 0.15) is 34.1 Å². The van der Waals surface area contributed by atoms with E-state index in [1.807, 2.05) is 6.92 Å². The lowest BCUT2D eigenvalue weighted by molar-refractivity contribution is -0.120. The van der Waals surface area contributed by atoms with Crippen LogP contribution < -0.4 is 15.5 Å². The molecule has 0 atom stereocenters. The van der Waals surface area contributed by atoms with Crippen molar-refractivity contribution < 1.29 is 23.9 Å². The van der Waals surface area contributed by atoms with Gasteiger partial charge in [0.2, 0.25) is 0 Å². The Bertz CT molecular complexity index is 1440. The highest BCUT2D eigenvalue weighted by molar-refractivity contribution is 6.53. The highest BCUT2D eigenvalue weighted by Crippen LogP contribution is 2.32. The van der Waals surface area contributed by atoms with Crippen LogP contribution in [0.5, 0.6) is 0 Å². The monoisotopic (exact) mass is 537 g/mol. The Labute approximate surface area is 222 Å². The van der Waals surface area contributed by atoms with E-state index in [0.29, 0.717) is 22.8 Å². The van der Waals surface area contributed by atoms with Crippen LogP contribution in [0.4, 0.5) is 17.1 Å². The molecule has 0 saturated heterocycles. The van der Waals surface area contributed by atoms with E-state index in [4.69, 9.17) is 27.9 Å². The summed E-state index contributed by atoms with van der Waals surface area (Å²) in [5, 5.41) is 5.59. The lowest BCUT2D eigenvalue weighted by atomic mass is 10.1. The Hall–Kier alpha value is -4.14. The first-order chi connectivity index (χ1) is 17.8. The number of carbonyl (C=O) groups is 4. The van der Waals surface area contributed by atoms with Gasteiger partial charge in [-0.05, 0) is 48.9 Å². The fraction of sp³-hybridized carbons (Fsp3) is 0.111. The molecule has 0 saturated carbocycles. The number of anilines is 3.